The van der Waals surface area contributed by atoms with Gasteiger partial charge >= 0.3 is 6.61 Å². The lowest BCUT2D eigenvalue weighted by Crippen LogP contribution is -2.18. The Labute approximate surface area is 141 Å². The fourth-order valence-corrected chi connectivity index (χ4v) is 2.37. The molecular formula is C16H13F2N3O2S. The zero-order valence-corrected chi connectivity index (χ0v) is 13.4. The summed E-state index contributed by atoms with van der Waals surface area (Å²) in [5.74, 6) is 0.676. The molecule has 0 amide bonds. The molecule has 0 saturated heterocycles. The van der Waals surface area contributed by atoms with Crippen LogP contribution in [-0.4, -0.2) is 16.7 Å². The van der Waals surface area contributed by atoms with E-state index in [1.54, 1.807) is 25.1 Å². The van der Waals surface area contributed by atoms with Gasteiger partial charge in [0.2, 0.25) is 0 Å². The number of thiocarbonyl (C=S) groups is 1. The van der Waals surface area contributed by atoms with E-state index in [2.05, 4.69) is 20.4 Å². The number of anilines is 2. The van der Waals surface area contributed by atoms with Gasteiger partial charge in [-0.25, -0.2) is 4.98 Å². The first-order valence-electron chi connectivity index (χ1n) is 7.00. The third kappa shape index (κ3) is 3.96. The number of nitrogens with one attached hydrogen (secondary N) is 2. The highest BCUT2D eigenvalue weighted by Crippen LogP contribution is 2.21. The summed E-state index contributed by atoms with van der Waals surface area (Å²) in [6, 6.07) is 11.5. The molecule has 2 N–H and O–H groups in total. The van der Waals surface area contributed by atoms with Gasteiger partial charge in [-0.1, -0.05) is 0 Å². The summed E-state index contributed by atoms with van der Waals surface area (Å²) in [6.07, 6.45) is 0. The summed E-state index contributed by atoms with van der Waals surface area (Å²) in [6.45, 7) is -1.07. The maximum absolute atomic E-state index is 12.1. The third-order valence-electron chi connectivity index (χ3n) is 3.09. The minimum atomic E-state index is -2.85. The Kier molecular flexibility index (Phi) is 4.57. The van der Waals surface area contributed by atoms with Crippen LogP contribution >= 0.6 is 12.2 Å². The summed E-state index contributed by atoms with van der Waals surface area (Å²) >= 11 is 5.23. The van der Waals surface area contributed by atoms with E-state index in [0.29, 0.717) is 22.3 Å². The quantitative estimate of drug-likeness (QED) is 0.674. The molecule has 5 nitrogen and oxygen atoms in total. The molecule has 8 heteroatoms. The Bertz CT molecular complexity index is 865. The summed E-state index contributed by atoms with van der Waals surface area (Å²) in [5, 5.41) is 6.34. The second-order valence-corrected chi connectivity index (χ2v) is 5.31. The van der Waals surface area contributed by atoms with Crippen LogP contribution in [0.1, 0.15) is 5.89 Å². The second-order valence-electron chi connectivity index (χ2n) is 4.90. The number of aromatic nitrogens is 1. The van der Waals surface area contributed by atoms with Crippen LogP contribution in [0.5, 0.6) is 5.75 Å². The summed E-state index contributed by atoms with van der Waals surface area (Å²) in [4.78, 5) is 4.25. The first-order valence-corrected chi connectivity index (χ1v) is 7.40. The zero-order chi connectivity index (χ0) is 17.1. The maximum Gasteiger partial charge on any atom is 0.387 e. The van der Waals surface area contributed by atoms with E-state index < -0.39 is 6.61 Å². The van der Waals surface area contributed by atoms with Gasteiger partial charge in [0.05, 0.1) is 0 Å². The van der Waals surface area contributed by atoms with E-state index in [4.69, 9.17) is 16.6 Å². The van der Waals surface area contributed by atoms with E-state index in [0.717, 1.165) is 11.2 Å². The number of aryl methyl sites for hydroxylation is 1. The fraction of sp³-hybridized carbons (Fsp3) is 0.125. The second kappa shape index (κ2) is 6.79. The van der Waals surface area contributed by atoms with Crippen molar-refractivity contribution in [3.05, 3.63) is 48.4 Å². The number of hydrogen-bond donors (Lipinski definition) is 2. The van der Waals surface area contributed by atoms with E-state index >= 15 is 0 Å². The van der Waals surface area contributed by atoms with Gasteiger partial charge in [0.25, 0.3) is 0 Å². The van der Waals surface area contributed by atoms with Crippen LogP contribution in [0, 0.1) is 6.92 Å². The zero-order valence-electron chi connectivity index (χ0n) is 12.5. The molecule has 3 aromatic rings. The highest BCUT2D eigenvalue weighted by atomic mass is 32.1. The SMILES string of the molecule is Cc1nc2cc(NC(=S)Nc3ccc(OC(F)F)cc3)ccc2o1. The van der Waals surface area contributed by atoms with Crippen LogP contribution in [0.25, 0.3) is 11.1 Å². The lowest BCUT2D eigenvalue weighted by atomic mass is 10.3. The van der Waals surface area contributed by atoms with E-state index in [9.17, 15) is 8.78 Å². The molecule has 0 aliphatic heterocycles. The average molecular weight is 349 g/mol. The predicted molar refractivity (Wildman–Crippen MR) is 91.7 cm³/mol. The third-order valence-corrected chi connectivity index (χ3v) is 3.29. The Balaban J connectivity index is 1.63. The molecule has 0 aliphatic carbocycles. The number of rotatable bonds is 4. The molecule has 0 saturated carbocycles. The van der Waals surface area contributed by atoms with Crippen molar-refractivity contribution in [3.8, 4) is 5.75 Å². The van der Waals surface area contributed by atoms with E-state index in [-0.39, 0.29) is 5.75 Å². The van der Waals surface area contributed by atoms with Crippen LogP contribution in [0.2, 0.25) is 0 Å². The van der Waals surface area contributed by atoms with Crippen LogP contribution in [0.4, 0.5) is 20.2 Å². The average Bonchev–Trinajstić information content (AvgIpc) is 2.88. The van der Waals surface area contributed by atoms with Crippen molar-refractivity contribution < 1.29 is 17.9 Å². The highest BCUT2D eigenvalue weighted by Gasteiger charge is 2.06. The van der Waals surface area contributed by atoms with Crippen molar-refractivity contribution in [2.45, 2.75) is 13.5 Å². The fourth-order valence-electron chi connectivity index (χ4n) is 2.13. The van der Waals surface area contributed by atoms with Gasteiger partial charge < -0.3 is 19.8 Å². The molecule has 0 spiro atoms. The summed E-state index contributed by atoms with van der Waals surface area (Å²) in [7, 11) is 0. The number of nitrogens with zero attached hydrogens (tertiary/aromatic N) is 1. The molecule has 3 rings (SSSR count). The number of oxazole rings is 1. The lowest BCUT2D eigenvalue weighted by Gasteiger charge is -2.11. The number of fused-ring (bicyclic) bond motifs is 1. The number of halogens is 2. The summed E-state index contributed by atoms with van der Waals surface area (Å²) < 4.78 is 33.9. The van der Waals surface area contributed by atoms with Crippen LogP contribution in [-0.2, 0) is 0 Å². The maximum atomic E-state index is 12.1. The number of hydrogen-bond acceptors (Lipinski definition) is 4. The van der Waals surface area contributed by atoms with Gasteiger partial charge in [-0.3, -0.25) is 0 Å². The summed E-state index contributed by atoms with van der Waals surface area (Å²) in [5.41, 5.74) is 2.83. The number of alkyl halides is 2. The minimum absolute atomic E-state index is 0.0845. The van der Waals surface area contributed by atoms with Crippen molar-refractivity contribution in [2.75, 3.05) is 10.6 Å². The smallest absolute Gasteiger partial charge is 0.387 e. The monoisotopic (exact) mass is 349 g/mol. The molecule has 124 valence electrons. The molecular weight excluding hydrogens is 336 g/mol. The Morgan fingerprint density at radius 1 is 1.12 bits per heavy atom. The predicted octanol–water partition coefficient (Wildman–Crippen LogP) is 4.55. The molecule has 0 aliphatic rings. The Morgan fingerprint density at radius 2 is 1.79 bits per heavy atom. The van der Waals surface area contributed by atoms with Crippen LogP contribution in [0.15, 0.2) is 46.9 Å². The van der Waals surface area contributed by atoms with Crippen LogP contribution in [0.3, 0.4) is 0 Å². The molecule has 1 heterocycles. The van der Waals surface area contributed by atoms with Crippen molar-refractivity contribution >= 4 is 39.8 Å². The van der Waals surface area contributed by atoms with Gasteiger partial charge in [-0.15, -0.1) is 0 Å². The highest BCUT2D eigenvalue weighted by molar-refractivity contribution is 7.80. The van der Waals surface area contributed by atoms with Crippen molar-refractivity contribution in [3.63, 3.8) is 0 Å². The standard InChI is InChI=1S/C16H13F2N3O2S/c1-9-19-13-8-11(4-7-14(13)22-9)21-16(24)20-10-2-5-12(6-3-10)23-15(17)18/h2-8,15H,1H3,(H2,20,21,24). The lowest BCUT2D eigenvalue weighted by molar-refractivity contribution is -0.0498. The molecule has 0 atom stereocenters. The van der Waals surface area contributed by atoms with E-state index in [1.165, 1.54) is 12.1 Å². The minimum Gasteiger partial charge on any atom is -0.441 e. The van der Waals surface area contributed by atoms with Crippen molar-refractivity contribution in [2.24, 2.45) is 0 Å². The first-order chi connectivity index (χ1) is 11.5. The molecule has 0 radical (unpaired) electrons. The molecule has 0 bridgehead atoms. The normalized spacial score (nSPS) is 10.8. The molecule has 2 aromatic carbocycles. The van der Waals surface area contributed by atoms with Gasteiger partial charge in [-0.2, -0.15) is 8.78 Å². The Morgan fingerprint density at radius 3 is 2.50 bits per heavy atom. The van der Waals surface area contributed by atoms with Gasteiger partial charge in [0, 0.05) is 18.3 Å². The van der Waals surface area contributed by atoms with Crippen LogP contribution < -0.4 is 15.4 Å². The topological polar surface area (TPSA) is 59.3 Å². The molecule has 1 aromatic heterocycles. The molecule has 0 fully saturated rings. The van der Waals surface area contributed by atoms with Gasteiger partial charge in [-0.05, 0) is 54.7 Å². The first kappa shape index (κ1) is 16.1. The number of ether oxygens (including phenoxy) is 1. The largest absolute Gasteiger partial charge is 0.441 e. The van der Waals surface area contributed by atoms with Gasteiger partial charge in [0.15, 0.2) is 16.6 Å². The van der Waals surface area contributed by atoms with Crippen molar-refractivity contribution in [1.29, 1.82) is 0 Å². The number of benzene rings is 2. The molecule has 0 unspecified atom stereocenters. The van der Waals surface area contributed by atoms with E-state index in [1.807, 2.05) is 12.1 Å². The van der Waals surface area contributed by atoms with Crippen molar-refractivity contribution in [1.82, 2.24) is 4.98 Å². The molecule has 24 heavy (non-hydrogen) atoms. The Hall–Kier alpha value is -2.74. The van der Waals surface area contributed by atoms with Gasteiger partial charge in [0.1, 0.15) is 11.3 Å².